The van der Waals surface area contributed by atoms with Gasteiger partial charge in [0.25, 0.3) is 0 Å². The van der Waals surface area contributed by atoms with Crippen LogP contribution in [0.2, 0.25) is 0 Å². The van der Waals surface area contributed by atoms with Gasteiger partial charge in [-0.25, -0.2) is 8.78 Å². The molecule has 1 nitrogen and oxygen atoms in total. The molecule has 0 saturated heterocycles. The third-order valence-electron chi connectivity index (χ3n) is 1.98. The standard InChI is InChI=1S/C11H14BrF2NS/c1-2-16-5-3-4-15-11-9(12)6-8(13)7-10(11)14/h6-7,15H,2-5H2,1H3. The van der Waals surface area contributed by atoms with Gasteiger partial charge in [0.15, 0.2) is 0 Å². The Labute approximate surface area is 107 Å². The van der Waals surface area contributed by atoms with Crippen LogP contribution in [0.5, 0.6) is 0 Å². The molecule has 1 rings (SSSR count). The molecule has 0 amide bonds. The van der Waals surface area contributed by atoms with Crippen molar-refractivity contribution in [2.24, 2.45) is 0 Å². The van der Waals surface area contributed by atoms with Crippen LogP contribution in [0.1, 0.15) is 13.3 Å². The fourth-order valence-electron chi connectivity index (χ4n) is 1.24. The average Bonchev–Trinajstić information content (AvgIpc) is 2.20. The van der Waals surface area contributed by atoms with Gasteiger partial charge in [0.2, 0.25) is 0 Å². The molecule has 0 heterocycles. The molecule has 1 aromatic carbocycles. The lowest BCUT2D eigenvalue weighted by Gasteiger charge is -2.09. The minimum absolute atomic E-state index is 0.336. The highest BCUT2D eigenvalue weighted by molar-refractivity contribution is 9.10. The van der Waals surface area contributed by atoms with Crippen LogP contribution in [-0.4, -0.2) is 18.1 Å². The quantitative estimate of drug-likeness (QED) is 0.787. The highest BCUT2D eigenvalue weighted by Crippen LogP contribution is 2.26. The van der Waals surface area contributed by atoms with Crippen LogP contribution in [0.15, 0.2) is 16.6 Å². The lowest BCUT2D eigenvalue weighted by molar-refractivity contribution is 0.583. The average molecular weight is 310 g/mol. The summed E-state index contributed by atoms with van der Waals surface area (Å²) >= 11 is 4.98. The summed E-state index contributed by atoms with van der Waals surface area (Å²) in [4.78, 5) is 0. The van der Waals surface area contributed by atoms with Gasteiger partial charge in [-0.3, -0.25) is 0 Å². The first-order valence-corrected chi connectivity index (χ1v) is 7.06. The lowest BCUT2D eigenvalue weighted by atomic mass is 10.3. The van der Waals surface area contributed by atoms with Gasteiger partial charge in [-0.05, 0) is 39.9 Å². The van der Waals surface area contributed by atoms with Crippen LogP contribution in [0.4, 0.5) is 14.5 Å². The number of hydrogen-bond donors (Lipinski definition) is 1. The van der Waals surface area contributed by atoms with Crippen LogP contribution in [0.3, 0.4) is 0 Å². The number of rotatable bonds is 6. The third-order valence-corrected chi connectivity index (χ3v) is 3.59. The zero-order chi connectivity index (χ0) is 12.0. The summed E-state index contributed by atoms with van der Waals surface area (Å²) in [5.74, 6) is 1.00. The summed E-state index contributed by atoms with van der Waals surface area (Å²) in [7, 11) is 0. The van der Waals surface area contributed by atoms with Crippen LogP contribution in [0.25, 0.3) is 0 Å². The lowest BCUT2D eigenvalue weighted by Crippen LogP contribution is -2.05. The molecule has 1 N–H and O–H groups in total. The highest BCUT2D eigenvalue weighted by atomic mass is 79.9. The first-order chi connectivity index (χ1) is 7.65. The fraction of sp³-hybridized carbons (Fsp3) is 0.455. The third kappa shape index (κ3) is 4.29. The van der Waals surface area contributed by atoms with Crippen molar-refractivity contribution in [3.8, 4) is 0 Å². The Morgan fingerprint density at radius 3 is 2.75 bits per heavy atom. The SMILES string of the molecule is CCSCCCNc1c(F)cc(F)cc1Br. The number of halogens is 3. The molecule has 0 bridgehead atoms. The summed E-state index contributed by atoms with van der Waals surface area (Å²) in [5.41, 5.74) is 0.336. The Kier molecular flexibility index (Phi) is 6.13. The van der Waals surface area contributed by atoms with Crippen molar-refractivity contribution in [2.45, 2.75) is 13.3 Å². The minimum Gasteiger partial charge on any atom is -0.382 e. The van der Waals surface area contributed by atoms with Gasteiger partial charge in [-0.1, -0.05) is 6.92 Å². The molecule has 0 aliphatic rings. The maximum atomic E-state index is 13.3. The second kappa shape index (κ2) is 7.12. The molecule has 0 aromatic heterocycles. The molecule has 1 aromatic rings. The van der Waals surface area contributed by atoms with E-state index in [9.17, 15) is 8.78 Å². The number of benzene rings is 1. The number of nitrogens with one attached hydrogen (secondary N) is 1. The normalized spacial score (nSPS) is 10.5. The molecule has 0 unspecified atom stereocenters. The molecule has 0 atom stereocenters. The summed E-state index contributed by atoms with van der Waals surface area (Å²) in [6.07, 6.45) is 0.960. The largest absolute Gasteiger partial charge is 0.382 e. The predicted octanol–water partition coefficient (Wildman–Crippen LogP) is 4.28. The molecular weight excluding hydrogens is 296 g/mol. The molecule has 0 spiro atoms. The topological polar surface area (TPSA) is 12.0 Å². The second-order valence-electron chi connectivity index (χ2n) is 3.22. The zero-order valence-electron chi connectivity index (χ0n) is 9.03. The van der Waals surface area contributed by atoms with E-state index in [1.807, 2.05) is 11.8 Å². The van der Waals surface area contributed by atoms with Gasteiger partial charge in [0, 0.05) is 17.1 Å². The molecule has 90 valence electrons. The molecule has 0 saturated carbocycles. The van der Waals surface area contributed by atoms with Gasteiger partial charge in [0.1, 0.15) is 11.6 Å². The van der Waals surface area contributed by atoms with Crippen LogP contribution in [0, 0.1) is 11.6 Å². The van der Waals surface area contributed by atoms with Gasteiger partial charge < -0.3 is 5.32 Å². The van der Waals surface area contributed by atoms with Crippen molar-refractivity contribution in [3.63, 3.8) is 0 Å². The Morgan fingerprint density at radius 2 is 2.12 bits per heavy atom. The van der Waals surface area contributed by atoms with Gasteiger partial charge in [-0.2, -0.15) is 11.8 Å². The summed E-state index contributed by atoms with van der Waals surface area (Å²) in [6.45, 7) is 2.79. The zero-order valence-corrected chi connectivity index (χ0v) is 11.4. The van der Waals surface area contributed by atoms with Crippen molar-refractivity contribution in [3.05, 3.63) is 28.2 Å². The van der Waals surface area contributed by atoms with E-state index >= 15 is 0 Å². The van der Waals surface area contributed by atoms with E-state index in [0.29, 0.717) is 16.7 Å². The summed E-state index contributed by atoms with van der Waals surface area (Å²) in [6, 6.07) is 2.14. The fourth-order valence-corrected chi connectivity index (χ4v) is 2.43. The minimum atomic E-state index is -0.573. The van der Waals surface area contributed by atoms with E-state index in [4.69, 9.17) is 0 Å². The van der Waals surface area contributed by atoms with E-state index < -0.39 is 11.6 Å². The maximum absolute atomic E-state index is 13.3. The van der Waals surface area contributed by atoms with Crippen LogP contribution >= 0.6 is 27.7 Å². The van der Waals surface area contributed by atoms with Gasteiger partial charge in [-0.15, -0.1) is 0 Å². The number of hydrogen-bond acceptors (Lipinski definition) is 2. The van der Waals surface area contributed by atoms with E-state index in [1.165, 1.54) is 6.07 Å². The molecular formula is C11H14BrF2NS. The Bertz CT molecular complexity index is 324. The maximum Gasteiger partial charge on any atom is 0.150 e. The number of thioether (sulfide) groups is 1. The molecule has 5 heteroatoms. The molecule has 0 aliphatic carbocycles. The number of anilines is 1. The molecule has 16 heavy (non-hydrogen) atoms. The Balaban J connectivity index is 2.47. The van der Waals surface area contributed by atoms with Crippen molar-refractivity contribution >= 4 is 33.4 Å². The van der Waals surface area contributed by atoms with E-state index in [-0.39, 0.29) is 0 Å². The van der Waals surface area contributed by atoms with Crippen molar-refractivity contribution in [1.82, 2.24) is 0 Å². The van der Waals surface area contributed by atoms with E-state index in [2.05, 4.69) is 28.2 Å². The van der Waals surface area contributed by atoms with Crippen LogP contribution in [-0.2, 0) is 0 Å². The Morgan fingerprint density at radius 1 is 1.38 bits per heavy atom. The monoisotopic (exact) mass is 309 g/mol. The van der Waals surface area contributed by atoms with Crippen LogP contribution < -0.4 is 5.32 Å². The van der Waals surface area contributed by atoms with E-state index in [0.717, 1.165) is 24.0 Å². The first kappa shape index (κ1) is 13.8. The van der Waals surface area contributed by atoms with Crippen molar-refractivity contribution in [2.75, 3.05) is 23.4 Å². The molecule has 0 aliphatic heterocycles. The highest BCUT2D eigenvalue weighted by Gasteiger charge is 2.08. The summed E-state index contributed by atoms with van der Waals surface area (Å²) < 4.78 is 26.6. The van der Waals surface area contributed by atoms with E-state index in [1.54, 1.807) is 0 Å². The van der Waals surface area contributed by atoms with Gasteiger partial charge in [0.05, 0.1) is 5.69 Å². The summed E-state index contributed by atoms with van der Waals surface area (Å²) in [5, 5.41) is 2.97. The smallest absolute Gasteiger partial charge is 0.150 e. The van der Waals surface area contributed by atoms with Crippen molar-refractivity contribution < 1.29 is 8.78 Å². The van der Waals surface area contributed by atoms with Gasteiger partial charge >= 0.3 is 0 Å². The first-order valence-electron chi connectivity index (χ1n) is 5.11. The Hall–Kier alpha value is -0.290. The second-order valence-corrected chi connectivity index (χ2v) is 5.47. The molecule has 0 fully saturated rings. The molecule has 0 radical (unpaired) electrons. The van der Waals surface area contributed by atoms with Crippen molar-refractivity contribution in [1.29, 1.82) is 0 Å². The predicted molar refractivity (Wildman–Crippen MR) is 70.2 cm³/mol.